The summed E-state index contributed by atoms with van der Waals surface area (Å²) in [5.41, 5.74) is 5.06. The molecule has 0 aliphatic carbocycles. The van der Waals surface area contributed by atoms with Crippen molar-refractivity contribution in [2.75, 3.05) is 26.2 Å². The first-order valence-electron chi connectivity index (χ1n) is 6.59. The molecule has 19 heavy (non-hydrogen) atoms. The third kappa shape index (κ3) is 5.36. The molecule has 0 aromatic rings. The third-order valence-electron chi connectivity index (χ3n) is 3.23. The lowest BCUT2D eigenvalue weighted by Crippen LogP contribution is -2.48. The van der Waals surface area contributed by atoms with E-state index in [0.29, 0.717) is 19.7 Å². The van der Waals surface area contributed by atoms with Crippen LogP contribution in [0.3, 0.4) is 0 Å². The van der Waals surface area contributed by atoms with E-state index in [1.807, 2.05) is 6.92 Å². The van der Waals surface area contributed by atoms with Gasteiger partial charge >= 0.3 is 6.18 Å². The van der Waals surface area contributed by atoms with Crippen molar-refractivity contribution < 1.29 is 17.9 Å². The molecule has 1 rings (SSSR count). The van der Waals surface area contributed by atoms with Crippen LogP contribution in [-0.4, -0.2) is 49.3 Å². The molecule has 1 heterocycles. The van der Waals surface area contributed by atoms with Gasteiger partial charge in [0.05, 0.1) is 6.10 Å². The van der Waals surface area contributed by atoms with Crippen LogP contribution < -0.4 is 5.73 Å². The van der Waals surface area contributed by atoms with Crippen LogP contribution in [0.5, 0.6) is 0 Å². The second kappa shape index (κ2) is 7.09. The Balaban J connectivity index is 2.52. The lowest BCUT2D eigenvalue weighted by atomic mass is 10.0. The highest BCUT2D eigenvalue weighted by Crippen LogP contribution is 2.28. The van der Waals surface area contributed by atoms with Crippen LogP contribution in [0.4, 0.5) is 13.2 Å². The number of nitrogens with zero attached hydrogens (tertiary/aromatic N) is 1. The quantitative estimate of drug-likeness (QED) is 0.578. The Morgan fingerprint density at radius 1 is 1.53 bits per heavy atom. The first-order chi connectivity index (χ1) is 8.84. The standard InChI is InChI=1S/C12H22F3N3O/c1-2-6-19-9-4-3-5-18(7-9)8-10(11(16)17)12(13,14)15/h9-10H,2-8H2,1H3,(H3,16,17). The minimum atomic E-state index is -4.46. The number of alkyl halides is 3. The minimum Gasteiger partial charge on any atom is -0.387 e. The molecule has 0 radical (unpaired) electrons. The van der Waals surface area contributed by atoms with Crippen LogP contribution in [0.25, 0.3) is 0 Å². The summed E-state index contributed by atoms with van der Waals surface area (Å²) in [6, 6.07) is 0. The summed E-state index contributed by atoms with van der Waals surface area (Å²) < 4.78 is 43.8. The summed E-state index contributed by atoms with van der Waals surface area (Å²) in [6.45, 7) is 3.47. The molecule has 1 aliphatic heterocycles. The van der Waals surface area contributed by atoms with Crippen molar-refractivity contribution >= 4 is 5.84 Å². The number of rotatable bonds is 6. The van der Waals surface area contributed by atoms with E-state index < -0.39 is 17.9 Å². The molecule has 3 N–H and O–H groups in total. The largest absolute Gasteiger partial charge is 0.399 e. The number of hydrogen-bond donors (Lipinski definition) is 2. The average molecular weight is 281 g/mol. The van der Waals surface area contributed by atoms with Crippen molar-refractivity contribution in [2.45, 2.75) is 38.5 Å². The summed E-state index contributed by atoms with van der Waals surface area (Å²) in [5, 5.41) is 7.09. The molecular formula is C12H22F3N3O. The molecule has 0 saturated carbocycles. The van der Waals surface area contributed by atoms with Crippen LogP contribution in [-0.2, 0) is 4.74 Å². The van der Waals surface area contributed by atoms with Crippen LogP contribution in [0.2, 0.25) is 0 Å². The van der Waals surface area contributed by atoms with Gasteiger partial charge in [-0.1, -0.05) is 6.92 Å². The zero-order valence-electron chi connectivity index (χ0n) is 11.2. The van der Waals surface area contributed by atoms with Gasteiger partial charge in [-0.3, -0.25) is 10.3 Å². The van der Waals surface area contributed by atoms with Crippen LogP contribution in [0.1, 0.15) is 26.2 Å². The topological polar surface area (TPSA) is 62.3 Å². The van der Waals surface area contributed by atoms with Gasteiger partial charge in [-0.05, 0) is 25.8 Å². The van der Waals surface area contributed by atoms with E-state index in [9.17, 15) is 13.2 Å². The molecule has 0 aromatic heterocycles. The van der Waals surface area contributed by atoms with E-state index in [1.165, 1.54) is 0 Å². The fourth-order valence-corrected chi connectivity index (χ4v) is 2.24. The zero-order valence-corrected chi connectivity index (χ0v) is 11.2. The number of nitrogens with two attached hydrogens (primary N) is 1. The third-order valence-corrected chi connectivity index (χ3v) is 3.23. The maximum Gasteiger partial charge on any atom is 0.399 e. The number of halogens is 3. The van der Waals surface area contributed by atoms with E-state index in [0.717, 1.165) is 19.3 Å². The normalized spacial score (nSPS) is 23.3. The second-order valence-corrected chi connectivity index (χ2v) is 4.94. The van der Waals surface area contributed by atoms with Crippen LogP contribution >= 0.6 is 0 Å². The van der Waals surface area contributed by atoms with Gasteiger partial charge in [-0.2, -0.15) is 13.2 Å². The van der Waals surface area contributed by atoms with Gasteiger partial charge in [-0.25, -0.2) is 0 Å². The maximum atomic E-state index is 12.7. The molecule has 1 saturated heterocycles. The minimum absolute atomic E-state index is 0.00505. The molecule has 1 fully saturated rings. The number of piperidine rings is 1. The number of hydrogen-bond acceptors (Lipinski definition) is 3. The molecule has 0 spiro atoms. The van der Waals surface area contributed by atoms with Crippen molar-refractivity contribution in [1.29, 1.82) is 5.41 Å². The number of nitrogens with one attached hydrogen (secondary N) is 1. The Bertz CT molecular complexity index is 296. The molecule has 0 amide bonds. The van der Waals surface area contributed by atoms with Gasteiger partial charge in [0, 0.05) is 19.7 Å². The van der Waals surface area contributed by atoms with Crippen molar-refractivity contribution in [3.63, 3.8) is 0 Å². The Hall–Kier alpha value is -0.820. The first kappa shape index (κ1) is 16.2. The summed E-state index contributed by atoms with van der Waals surface area (Å²) >= 11 is 0. The molecule has 2 atom stereocenters. The lowest BCUT2D eigenvalue weighted by Gasteiger charge is -2.35. The van der Waals surface area contributed by atoms with E-state index in [1.54, 1.807) is 4.90 Å². The van der Waals surface area contributed by atoms with Gasteiger partial charge in [0.2, 0.25) is 0 Å². The van der Waals surface area contributed by atoms with Crippen LogP contribution in [0.15, 0.2) is 0 Å². The molecule has 112 valence electrons. The molecule has 0 bridgehead atoms. The Labute approximate surface area is 111 Å². The van der Waals surface area contributed by atoms with Gasteiger partial charge in [0.1, 0.15) is 11.8 Å². The average Bonchev–Trinajstić information content (AvgIpc) is 2.32. The van der Waals surface area contributed by atoms with Gasteiger partial charge in [0.25, 0.3) is 0 Å². The SMILES string of the molecule is CCCOC1CCCN(CC(C(=N)N)C(F)(F)F)C1. The van der Waals surface area contributed by atoms with E-state index in [2.05, 4.69) is 0 Å². The van der Waals surface area contributed by atoms with Gasteiger partial charge in [0.15, 0.2) is 0 Å². The summed E-state index contributed by atoms with van der Waals surface area (Å²) in [6.07, 6.45) is -1.86. The summed E-state index contributed by atoms with van der Waals surface area (Å²) in [5.74, 6) is -2.69. The summed E-state index contributed by atoms with van der Waals surface area (Å²) in [4.78, 5) is 1.70. The fraction of sp³-hybridized carbons (Fsp3) is 0.917. The van der Waals surface area contributed by atoms with E-state index >= 15 is 0 Å². The second-order valence-electron chi connectivity index (χ2n) is 4.94. The molecule has 1 aliphatic rings. The Morgan fingerprint density at radius 3 is 2.74 bits per heavy atom. The van der Waals surface area contributed by atoms with Crippen molar-refractivity contribution in [3.8, 4) is 0 Å². The van der Waals surface area contributed by atoms with Crippen molar-refractivity contribution in [1.82, 2.24) is 4.90 Å². The lowest BCUT2D eigenvalue weighted by molar-refractivity contribution is -0.162. The zero-order chi connectivity index (χ0) is 14.5. The molecule has 0 aromatic carbocycles. The van der Waals surface area contributed by atoms with E-state index in [-0.39, 0.29) is 12.6 Å². The maximum absolute atomic E-state index is 12.7. The summed E-state index contributed by atoms with van der Waals surface area (Å²) in [7, 11) is 0. The Kier molecular flexibility index (Phi) is 6.06. The van der Waals surface area contributed by atoms with Crippen molar-refractivity contribution in [3.05, 3.63) is 0 Å². The van der Waals surface area contributed by atoms with Crippen LogP contribution in [0, 0.1) is 11.3 Å². The van der Waals surface area contributed by atoms with Gasteiger partial charge < -0.3 is 10.5 Å². The predicted molar refractivity (Wildman–Crippen MR) is 67.2 cm³/mol. The fourth-order valence-electron chi connectivity index (χ4n) is 2.24. The molecule has 2 unspecified atom stereocenters. The highest BCUT2D eigenvalue weighted by Gasteiger charge is 2.43. The Morgan fingerprint density at radius 2 is 2.21 bits per heavy atom. The predicted octanol–water partition coefficient (Wildman–Crippen LogP) is 1.99. The molecule has 7 heteroatoms. The number of likely N-dealkylation sites (tertiary alicyclic amines) is 1. The monoisotopic (exact) mass is 281 g/mol. The first-order valence-corrected chi connectivity index (χ1v) is 6.59. The van der Waals surface area contributed by atoms with E-state index in [4.69, 9.17) is 15.9 Å². The molecule has 4 nitrogen and oxygen atoms in total. The number of amidine groups is 1. The highest BCUT2D eigenvalue weighted by atomic mass is 19.4. The number of ether oxygens (including phenoxy) is 1. The molecular weight excluding hydrogens is 259 g/mol. The van der Waals surface area contributed by atoms with Crippen molar-refractivity contribution in [2.24, 2.45) is 11.7 Å². The van der Waals surface area contributed by atoms with Gasteiger partial charge in [-0.15, -0.1) is 0 Å². The highest BCUT2D eigenvalue weighted by molar-refractivity contribution is 5.80. The smallest absolute Gasteiger partial charge is 0.387 e.